The Labute approximate surface area is 381 Å². The van der Waals surface area contributed by atoms with E-state index in [1.165, 1.54) is 14.0 Å². The number of carbonyl (C=O) groups is 1. The second-order valence-corrected chi connectivity index (χ2v) is 18.9. The molecule has 3 rings (SSSR count). The summed E-state index contributed by atoms with van der Waals surface area (Å²) in [5, 5.41) is 52.6. The van der Waals surface area contributed by atoms with Gasteiger partial charge in [-0.25, -0.2) is 0 Å². The maximum Gasteiger partial charge on any atom is 0.311 e. The first-order valence-electron chi connectivity index (χ1n) is 22.8. The summed E-state index contributed by atoms with van der Waals surface area (Å²) in [6.07, 6.45) is -8.87. The molecule has 0 radical (unpaired) electrons. The molecular formula is C45H84N2O17. The molecule has 0 aromatic rings. The van der Waals surface area contributed by atoms with E-state index in [2.05, 4.69) is 5.16 Å². The molecule has 3 saturated heterocycles. The fourth-order valence-electron chi connectivity index (χ4n) is 9.43. The zero-order valence-corrected chi connectivity index (χ0v) is 41.2. The number of hydrogen-bond acceptors (Lipinski definition) is 19. The van der Waals surface area contributed by atoms with Crippen LogP contribution in [0.2, 0.25) is 0 Å². The zero-order valence-electron chi connectivity index (χ0n) is 41.2. The number of esters is 1. The minimum Gasteiger partial charge on any atom is -0.459 e. The van der Waals surface area contributed by atoms with Crippen molar-refractivity contribution < 1.29 is 82.2 Å². The monoisotopic (exact) mass is 925 g/mol. The van der Waals surface area contributed by atoms with Crippen LogP contribution < -0.4 is 0 Å². The SMILES string of the molecule is CC[C@@H]1OC(=O)[C@H](C)[C@H](OC2CC(C)(OC)C(O)C(C)O2)[C@@H](C)[C@H](OC2OC(C)CC(N(C)C)C2OCOCCOC)[C@](C)(O)C[C@H](C)/C(=N\OCOCCOC)[C@H](C)[C@@H](O)C1(C)O. The third-order valence-electron chi connectivity index (χ3n) is 13.3. The number of hydrogen-bond donors (Lipinski definition) is 4. The van der Waals surface area contributed by atoms with Gasteiger partial charge in [-0.05, 0) is 74.9 Å². The molecule has 0 aliphatic carbocycles. The molecule has 376 valence electrons. The van der Waals surface area contributed by atoms with Gasteiger partial charge >= 0.3 is 5.97 Å². The molecular weight excluding hydrogens is 840 g/mol. The lowest BCUT2D eigenvalue weighted by molar-refractivity contribution is -0.325. The van der Waals surface area contributed by atoms with Gasteiger partial charge in [0.25, 0.3) is 0 Å². The van der Waals surface area contributed by atoms with Gasteiger partial charge < -0.3 is 82.3 Å². The lowest BCUT2D eigenvalue weighted by atomic mass is 9.73. The predicted molar refractivity (Wildman–Crippen MR) is 234 cm³/mol. The summed E-state index contributed by atoms with van der Waals surface area (Å²) in [6, 6.07) is -0.197. The standard InChI is InChI=1S/C45H84N2O17/c1-16-33-45(10,52)38(48)28(4)35(46-59-25-57-20-18-54-14)26(2)22-43(8,51)40(64-42-37(58-24-56-19-17-53-13)32(47(11)12)21-27(3)60-42)29(5)36(30(6)41(50)62-33)63-34-23-44(9,55-15)39(49)31(7)61-34/h26-34,36-40,42,48-49,51-52H,16-25H2,1-15H3/b46-35+/t26-,27?,28-,29+,30+,31?,32?,33-,34?,36+,37?,38+,39?,40-,42?,43+,44?,45?/m0/s1. The van der Waals surface area contributed by atoms with Crippen LogP contribution in [0, 0.1) is 23.7 Å². The normalized spacial score (nSPS) is 42.7. The van der Waals surface area contributed by atoms with E-state index in [1.54, 1.807) is 55.8 Å². The summed E-state index contributed by atoms with van der Waals surface area (Å²) >= 11 is 0. The average molecular weight is 925 g/mol. The molecule has 3 aliphatic heterocycles. The Morgan fingerprint density at radius 2 is 1.44 bits per heavy atom. The molecule has 18 atom stereocenters. The first-order chi connectivity index (χ1) is 30.0. The predicted octanol–water partition coefficient (Wildman–Crippen LogP) is 2.85. The van der Waals surface area contributed by atoms with E-state index in [0.717, 1.165) is 0 Å². The summed E-state index contributed by atoms with van der Waals surface area (Å²) in [5.41, 5.74) is -4.50. The third kappa shape index (κ3) is 14.7. The van der Waals surface area contributed by atoms with Gasteiger partial charge in [-0.1, -0.05) is 32.9 Å². The molecule has 0 aromatic carbocycles. The van der Waals surface area contributed by atoms with Crippen LogP contribution in [0.5, 0.6) is 0 Å². The number of rotatable bonds is 19. The van der Waals surface area contributed by atoms with E-state index in [-0.39, 0.29) is 51.6 Å². The maximum absolute atomic E-state index is 14.5. The highest BCUT2D eigenvalue weighted by Crippen LogP contribution is 2.41. The van der Waals surface area contributed by atoms with Crippen molar-refractivity contribution in [1.82, 2.24) is 4.90 Å². The minimum atomic E-state index is -1.97. The average Bonchev–Trinajstić information content (AvgIpc) is 3.23. The molecule has 0 bridgehead atoms. The Morgan fingerprint density at radius 3 is 2.02 bits per heavy atom. The fourth-order valence-corrected chi connectivity index (χ4v) is 9.43. The van der Waals surface area contributed by atoms with Gasteiger partial charge in [0, 0.05) is 51.5 Å². The molecule has 3 heterocycles. The summed E-state index contributed by atoms with van der Waals surface area (Å²) in [6.45, 7) is 18.1. The maximum atomic E-state index is 14.5. The van der Waals surface area contributed by atoms with Crippen molar-refractivity contribution in [2.24, 2.45) is 28.8 Å². The van der Waals surface area contributed by atoms with Crippen molar-refractivity contribution in [3.8, 4) is 0 Å². The number of ether oxygens (including phenoxy) is 11. The van der Waals surface area contributed by atoms with Crippen LogP contribution in [0.4, 0.5) is 0 Å². The second-order valence-electron chi connectivity index (χ2n) is 18.9. The minimum absolute atomic E-state index is 0.0212. The van der Waals surface area contributed by atoms with Crippen molar-refractivity contribution in [1.29, 1.82) is 0 Å². The van der Waals surface area contributed by atoms with Crippen LogP contribution in [0.3, 0.4) is 0 Å². The molecule has 4 N–H and O–H groups in total. The van der Waals surface area contributed by atoms with Crippen LogP contribution in [-0.4, -0.2) is 197 Å². The van der Waals surface area contributed by atoms with E-state index < -0.39 is 102 Å². The summed E-state index contributed by atoms with van der Waals surface area (Å²) < 4.78 is 66.4. The van der Waals surface area contributed by atoms with E-state index >= 15 is 0 Å². The van der Waals surface area contributed by atoms with E-state index in [1.807, 2.05) is 39.8 Å². The Balaban J connectivity index is 2.26. The van der Waals surface area contributed by atoms with Crippen molar-refractivity contribution >= 4 is 11.7 Å². The number of aliphatic hydroxyl groups is 4. The molecule has 19 nitrogen and oxygen atoms in total. The molecule has 0 amide bonds. The molecule has 9 unspecified atom stereocenters. The Kier molecular flexibility index (Phi) is 22.7. The topological polar surface area (TPSA) is 224 Å². The van der Waals surface area contributed by atoms with Gasteiger partial charge in [0.15, 0.2) is 12.6 Å². The van der Waals surface area contributed by atoms with Gasteiger partial charge in [-0.3, -0.25) is 4.79 Å². The molecule has 64 heavy (non-hydrogen) atoms. The summed E-state index contributed by atoms with van der Waals surface area (Å²) in [5.74, 6) is -4.14. The molecule has 3 fully saturated rings. The number of nitrogens with zero attached hydrogens (tertiary/aromatic N) is 2. The summed E-state index contributed by atoms with van der Waals surface area (Å²) in [7, 11) is 8.52. The van der Waals surface area contributed by atoms with Gasteiger partial charge in [0.05, 0.1) is 79.8 Å². The smallest absolute Gasteiger partial charge is 0.311 e. The van der Waals surface area contributed by atoms with Crippen LogP contribution in [0.15, 0.2) is 5.16 Å². The fraction of sp³-hybridized carbons (Fsp3) is 0.956. The van der Waals surface area contributed by atoms with Crippen molar-refractivity contribution in [2.75, 3.05) is 75.4 Å². The summed E-state index contributed by atoms with van der Waals surface area (Å²) in [4.78, 5) is 22.2. The lowest BCUT2D eigenvalue weighted by Gasteiger charge is -2.49. The van der Waals surface area contributed by atoms with Crippen molar-refractivity contribution in [3.05, 3.63) is 0 Å². The Hall–Kier alpha value is -1.66. The zero-order chi connectivity index (χ0) is 48.2. The highest BCUT2D eigenvalue weighted by Gasteiger charge is 2.53. The van der Waals surface area contributed by atoms with Gasteiger partial charge in [0.1, 0.15) is 30.7 Å². The third-order valence-corrected chi connectivity index (χ3v) is 13.3. The second kappa shape index (κ2) is 25.6. The van der Waals surface area contributed by atoms with E-state index in [4.69, 9.17) is 56.9 Å². The van der Waals surface area contributed by atoms with Crippen LogP contribution in [-0.2, 0) is 61.7 Å². The number of cyclic esters (lactones) is 1. The van der Waals surface area contributed by atoms with E-state index in [9.17, 15) is 25.2 Å². The van der Waals surface area contributed by atoms with Crippen LogP contribution in [0.25, 0.3) is 0 Å². The molecule has 0 saturated carbocycles. The quantitative estimate of drug-likeness (QED) is 0.0633. The van der Waals surface area contributed by atoms with Gasteiger partial charge in [-0.15, -0.1) is 0 Å². The first-order valence-corrected chi connectivity index (χ1v) is 22.8. The van der Waals surface area contributed by atoms with Crippen molar-refractivity contribution in [2.45, 2.75) is 179 Å². The highest BCUT2D eigenvalue weighted by atomic mass is 16.7. The molecule has 3 aliphatic rings. The van der Waals surface area contributed by atoms with Crippen molar-refractivity contribution in [3.63, 3.8) is 0 Å². The Bertz CT molecular complexity index is 1410. The lowest BCUT2D eigenvalue weighted by Crippen LogP contribution is -2.61. The molecule has 0 aromatic heterocycles. The molecule has 19 heteroatoms. The van der Waals surface area contributed by atoms with Gasteiger partial charge in [0.2, 0.25) is 6.79 Å². The number of oxime groups is 1. The Morgan fingerprint density at radius 1 is 0.812 bits per heavy atom. The largest absolute Gasteiger partial charge is 0.459 e. The van der Waals surface area contributed by atoms with Crippen LogP contribution >= 0.6 is 0 Å². The van der Waals surface area contributed by atoms with Crippen LogP contribution in [0.1, 0.15) is 94.9 Å². The number of methoxy groups -OCH3 is 3. The number of aliphatic hydroxyl groups excluding tert-OH is 2. The highest BCUT2D eigenvalue weighted by molar-refractivity contribution is 5.88. The first kappa shape index (κ1) is 56.7. The number of carbonyl (C=O) groups excluding carboxylic acids is 1. The molecule has 0 spiro atoms. The van der Waals surface area contributed by atoms with E-state index in [0.29, 0.717) is 32.0 Å². The number of likely N-dealkylation sites (N-methyl/N-ethyl adjacent to an activating group) is 1. The van der Waals surface area contributed by atoms with Gasteiger partial charge in [-0.2, -0.15) is 0 Å².